The van der Waals surface area contributed by atoms with Crippen LogP contribution in [0.1, 0.15) is 32.2 Å². The Bertz CT molecular complexity index is 1390. The van der Waals surface area contributed by atoms with Crippen LogP contribution in [-0.4, -0.2) is 40.7 Å². The highest BCUT2D eigenvalue weighted by Gasteiger charge is 2.23. The van der Waals surface area contributed by atoms with E-state index in [4.69, 9.17) is 9.47 Å². The molecule has 0 aliphatic heterocycles. The van der Waals surface area contributed by atoms with Gasteiger partial charge in [0.1, 0.15) is 5.82 Å². The number of hydrogen-bond donors (Lipinski definition) is 1. The van der Waals surface area contributed by atoms with Crippen molar-refractivity contribution in [3.05, 3.63) is 71.3 Å². The molecule has 1 N–H and O–H groups in total. The van der Waals surface area contributed by atoms with E-state index in [-0.39, 0.29) is 11.1 Å². The predicted molar refractivity (Wildman–Crippen MR) is 126 cm³/mol. The number of anilines is 2. The molecule has 4 rings (SSSR count). The first-order valence-electron chi connectivity index (χ1n) is 10.3. The topological polar surface area (TPSA) is 95.3 Å². The molecule has 0 bridgehead atoms. The van der Waals surface area contributed by atoms with Gasteiger partial charge in [-0.25, -0.2) is 14.6 Å². The minimum atomic E-state index is -0.641. The van der Waals surface area contributed by atoms with E-state index in [0.717, 1.165) is 39.4 Å². The molecular weight excluding hydrogens is 420 g/mol. The number of benzene rings is 2. The van der Waals surface area contributed by atoms with E-state index in [2.05, 4.69) is 15.3 Å². The number of esters is 2. The molecule has 2 heterocycles. The number of aryl methyl sites for hydroxylation is 3. The fraction of sp³-hybridized carbons (Fsp3) is 0.200. The van der Waals surface area contributed by atoms with E-state index in [1.165, 1.54) is 20.3 Å². The Hall–Kier alpha value is -4.20. The van der Waals surface area contributed by atoms with Crippen molar-refractivity contribution >= 4 is 34.3 Å². The highest BCUT2D eigenvalue weighted by molar-refractivity contribution is 6.08. The van der Waals surface area contributed by atoms with Crippen LogP contribution in [-0.2, 0) is 16.5 Å². The smallest absolute Gasteiger partial charge is 0.340 e. The summed E-state index contributed by atoms with van der Waals surface area (Å²) in [5, 5.41) is 3.35. The zero-order chi connectivity index (χ0) is 23.7. The van der Waals surface area contributed by atoms with Gasteiger partial charge in [-0.2, -0.15) is 0 Å². The summed E-state index contributed by atoms with van der Waals surface area (Å²) in [5.74, 6) is -0.388. The number of pyridine rings is 1. The Kier molecular flexibility index (Phi) is 5.83. The average Bonchev–Trinajstić information content (AvgIpc) is 3.10. The van der Waals surface area contributed by atoms with Crippen LogP contribution in [0.3, 0.4) is 0 Å². The molecule has 0 aliphatic carbocycles. The largest absolute Gasteiger partial charge is 0.465 e. The molecule has 0 spiro atoms. The van der Waals surface area contributed by atoms with Crippen LogP contribution < -0.4 is 5.32 Å². The number of ether oxygens (including phenoxy) is 2. The fourth-order valence-electron chi connectivity index (χ4n) is 3.82. The van der Waals surface area contributed by atoms with E-state index in [1.54, 1.807) is 18.3 Å². The van der Waals surface area contributed by atoms with Gasteiger partial charge in [0.2, 0.25) is 0 Å². The maximum absolute atomic E-state index is 12.6. The van der Waals surface area contributed by atoms with Crippen LogP contribution >= 0.6 is 0 Å². The van der Waals surface area contributed by atoms with E-state index >= 15 is 0 Å². The first-order chi connectivity index (χ1) is 15.8. The standard InChI is InChI=1S/C25H24N4O4/c1-14-11-16(9-10-26-14)18-12-21-22(29(3)15(2)27-21)13-20(18)28-19-8-6-7-17(24(30)32-4)23(19)25(31)33-5/h6-13,28H,1-5H3. The lowest BCUT2D eigenvalue weighted by Crippen LogP contribution is -2.14. The molecule has 0 saturated carbocycles. The molecule has 0 amide bonds. The minimum Gasteiger partial charge on any atom is -0.465 e. The molecule has 0 fully saturated rings. The normalized spacial score (nSPS) is 10.8. The van der Waals surface area contributed by atoms with Gasteiger partial charge in [-0.1, -0.05) is 6.07 Å². The van der Waals surface area contributed by atoms with Crippen LogP contribution in [0.2, 0.25) is 0 Å². The summed E-state index contributed by atoms with van der Waals surface area (Å²) in [6.07, 6.45) is 1.75. The number of rotatable bonds is 5. The molecule has 2 aromatic heterocycles. The van der Waals surface area contributed by atoms with Gasteiger partial charge in [-0.05, 0) is 55.8 Å². The van der Waals surface area contributed by atoms with Crippen molar-refractivity contribution in [1.82, 2.24) is 14.5 Å². The second-order valence-corrected chi connectivity index (χ2v) is 7.63. The zero-order valence-electron chi connectivity index (χ0n) is 19.1. The molecule has 8 heteroatoms. The monoisotopic (exact) mass is 444 g/mol. The maximum Gasteiger partial charge on any atom is 0.340 e. The van der Waals surface area contributed by atoms with Crippen LogP contribution in [0.5, 0.6) is 0 Å². The summed E-state index contributed by atoms with van der Waals surface area (Å²) in [6.45, 7) is 3.87. The number of methoxy groups -OCH3 is 2. The molecule has 168 valence electrons. The van der Waals surface area contributed by atoms with Crippen LogP contribution in [0.25, 0.3) is 22.2 Å². The second-order valence-electron chi connectivity index (χ2n) is 7.63. The third-order valence-corrected chi connectivity index (χ3v) is 5.58. The van der Waals surface area contributed by atoms with Crippen molar-refractivity contribution in [1.29, 1.82) is 0 Å². The van der Waals surface area contributed by atoms with Gasteiger partial charge in [0.25, 0.3) is 0 Å². The lowest BCUT2D eigenvalue weighted by molar-refractivity contribution is 0.0556. The third kappa shape index (κ3) is 4.03. The number of carbonyl (C=O) groups is 2. The molecule has 33 heavy (non-hydrogen) atoms. The van der Waals surface area contributed by atoms with Crippen LogP contribution in [0.4, 0.5) is 11.4 Å². The Balaban J connectivity index is 1.95. The summed E-state index contributed by atoms with van der Waals surface area (Å²) in [5.41, 5.74) is 5.86. The van der Waals surface area contributed by atoms with E-state index in [9.17, 15) is 9.59 Å². The first-order valence-corrected chi connectivity index (χ1v) is 10.3. The number of imidazole rings is 1. The van der Waals surface area contributed by atoms with Crippen LogP contribution in [0, 0.1) is 13.8 Å². The minimum absolute atomic E-state index is 0.102. The molecule has 8 nitrogen and oxygen atoms in total. The Morgan fingerprint density at radius 2 is 1.73 bits per heavy atom. The van der Waals surface area contributed by atoms with Gasteiger partial charge in [0, 0.05) is 30.2 Å². The summed E-state index contributed by atoms with van der Waals surface area (Å²) < 4.78 is 11.8. The Labute approximate surface area is 191 Å². The summed E-state index contributed by atoms with van der Waals surface area (Å²) in [4.78, 5) is 33.9. The number of carbonyl (C=O) groups excluding carboxylic acids is 2. The lowest BCUT2D eigenvalue weighted by Gasteiger charge is -2.17. The van der Waals surface area contributed by atoms with Crippen molar-refractivity contribution in [3.63, 3.8) is 0 Å². The van der Waals surface area contributed by atoms with Crippen molar-refractivity contribution in [3.8, 4) is 11.1 Å². The highest BCUT2D eigenvalue weighted by Crippen LogP contribution is 2.36. The van der Waals surface area contributed by atoms with Gasteiger partial charge >= 0.3 is 11.9 Å². The van der Waals surface area contributed by atoms with E-state index in [1.807, 2.05) is 49.7 Å². The fourth-order valence-corrected chi connectivity index (χ4v) is 3.82. The SMILES string of the molecule is COC(=O)c1cccc(Nc2cc3c(cc2-c2ccnc(C)c2)nc(C)n3C)c1C(=O)OC. The van der Waals surface area contributed by atoms with Crippen molar-refractivity contribution in [2.45, 2.75) is 13.8 Å². The molecule has 2 aromatic carbocycles. The number of hydrogen-bond acceptors (Lipinski definition) is 7. The first kappa shape index (κ1) is 22.0. The van der Waals surface area contributed by atoms with Gasteiger partial charge in [-0.3, -0.25) is 4.98 Å². The van der Waals surface area contributed by atoms with Gasteiger partial charge in [0.05, 0.1) is 42.1 Å². The average molecular weight is 444 g/mol. The molecule has 0 atom stereocenters. The van der Waals surface area contributed by atoms with Crippen molar-refractivity contribution in [2.75, 3.05) is 19.5 Å². The van der Waals surface area contributed by atoms with Crippen molar-refractivity contribution in [2.24, 2.45) is 7.05 Å². The number of fused-ring (bicyclic) bond motifs is 1. The molecule has 0 unspecified atom stereocenters. The highest BCUT2D eigenvalue weighted by atomic mass is 16.5. The predicted octanol–water partition coefficient (Wildman–Crippen LogP) is 4.57. The third-order valence-electron chi connectivity index (χ3n) is 5.58. The maximum atomic E-state index is 12.6. The number of aromatic nitrogens is 3. The Morgan fingerprint density at radius 3 is 2.42 bits per heavy atom. The summed E-state index contributed by atoms with van der Waals surface area (Å²) in [7, 11) is 4.49. The Morgan fingerprint density at radius 1 is 0.970 bits per heavy atom. The molecule has 0 saturated heterocycles. The summed E-state index contributed by atoms with van der Waals surface area (Å²) >= 11 is 0. The lowest BCUT2D eigenvalue weighted by atomic mass is 10.0. The van der Waals surface area contributed by atoms with Gasteiger partial charge in [-0.15, -0.1) is 0 Å². The molecule has 0 aliphatic rings. The van der Waals surface area contributed by atoms with Crippen LogP contribution in [0.15, 0.2) is 48.7 Å². The molecular formula is C25H24N4O4. The quantitative estimate of drug-likeness (QED) is 0.451. The van der Waals surface area contributed by atoms with Crippen molar-refractivity contribution < 1.29 is 19.1 Å². The molecule has 0 radical (unpaired) electrons. The van der Waals surface area contributed by atoms with Gasteiger partial charge in [0.15, 0.2) is 0 Å². The molecule has 4 aromatic rings. The zero-order valence-corrected chi connectivity index (χ0v) is 19.1. The van der Waals surface area contributed by atoms with Gasteiger partial charge < -0.3 is 19.4 Å². The van der Waals surface area contributed by atoms with E-state index in [0.29, 0.717) is 5.69 Å². The van der Waals surface area contributed by atoms with E-state index < -0.39 is 11.9 Å². The number of nitrogens with zero attached hydrogens (tertiary/aromatic N) is 3. The second kappa shape index (κ2) is 8.74. The summed E-state index contributed by atoms with van der Waals surface area (Å²) in [6, 6.07) is 12.8. The number of nitrogens with one attached hydrogen (secondary N) is 1.